The van der Waals surface area contributed by atoms with Gasteiger partial charge in [-0.15, -0.1) is 0 Å². The number of hydrogen-bond acceptors (Lipinski definition) is 3. The number of nitrogens with two attached hydrogens (primary N) is 1. The molecule has 3 aromatic rings. The van der Waals surface area contributed by atoms with Crippen molar-refractivity contribution in [3.05, 3.63) is 88.2 Å². The topological polar surface area (TPSA) is 64.2 Å². The molecule has 1 aliphatic heterocycles. The van der Waals surface area contributed by atoms with Crippen LogP contribution < -0.4 is 5.73 Å². The minimum Gasteiger partial charge on any atom is -0.368 e. The van der Waals surface area contributed by atoms with Crippen LogP contribution in [0.3, 0.4) is 0 Å². The molecule has 1 amide bonds. The maximum absolute atomic E-state index is 13.3. The van der Waals surface area contributed by atoms with Gasteiger partial charge in [0.25, 0.3) is 0 Å². The van der Waals surface area contributed by atoms with Crippen molar-refractivity contribution in [1.82, 2.24) is 14.7 Å². The predicted octanol–water partition coefficient (Wildman–Crippen LogP) is 5.16. The summed E-state index contributed by atoms with van der Waals surface area (Å²) in [6.07, 6.45) is -2.73. The summed E-state index contributed by atoms with van der Waals surface area (Å²) >= 11 is 0. The van der Waals surface area contributed by atoms with Crippen LogP contribution in [-0.4, -0.2) is 27.1 Å². The van der Waals surface area contributed by atoms with E-state index in [1.54, 1.807) is 6.07 Å². The van der Waals surface area contributed by atoms with Gasteiger partial charge >= 0.3 is 6.18 Å². The summed E-state index contributed by atoms with van der Waals surface area (Å²) in [6.45, 7) is 7.14. The number of alkyl halides is 3. The van der Waals surface area contributed by atoms with Crippen molar-refractivity contribution in [2.45, 2.75) is 64.3 Å². The molecule has 0 radical (unpaired) electrons. The number of benzene rings is 2. The van der Waals surface area contributed by atoms with E-state index in [4.69, 9.17) is 10.8 Å². The lowest BCUT2D eigenvalue weighted by atomic mass is 9.82. The second kappa shape index (κ2) is 9.49. The van der Waals surface area contributed by atoms with Gasteiger partial charge in [0.1, 0.15) is 5.54 Å². The summed E-state index contributed by atoms with van der Waals surface area (Å²) in [5.74, 6) is -0.461. The quantitative estimate of drug-likeness (QED) is 0.504. The maximum Gasteiger partial charge on any atom is 0.416 e. The maximum atomic E-state index is 13.3. The summed E-state index contributed by atoms with van der Waals surface area (Å²) in [5.41, 5.74) is 8.74. The number of carbonyl (C=O) groups is 1. The minimum absolute atomic E-state index is 0.230. The molecule has 5 nitrogen and oxygen atoms in total. The van der Waals surface area contributed by atoms with Crippen LogP contribution in [-0.2, 0) is 35.9 Å². The molecular weight excluding hydrogens is 453 g/mol. The smallest absolute Gasteiger partial charge is 0.368 e. The van der Waals surface area contributed by atoms with Crippen molar-refractivity contribution in [2.75, 3.05) is 6.54 Å². The van der Waals surface area contributed by atoms with Gasteiger partial charge in [0.15, 0.2) is 0 Å². The van der Waals surface area contributed by atoms with Gasteiger partial charge < -0.3 is 5.73 Å². The van der Waals surface area contributed by atoms with Crippen LogP contribution in [0, 0.1) is 6.92 Å². The summed E-state index contributed by atoms with van der Waals surface area (Å²) < 4.78 is 41.8. The van der Waals surface area contributed by atoms with Crippen molar-refractivity contribution >= 4 is 5.91 Å². The minimum atomic E-state index is -4.39. The van der Waals surface area contributed by atoms with Crippen LogP contribution in [0.4, 0.5) is 13.2 Å². The lowest BCUT2D eigenvalue weighted by molar-refractivity contribution is -0.137. The SMILES string of the molecule is CCn1nc(C)c2c1CCN(C(C)(C(N)=O)c1ccccc1)C2CCc1cccc(C(F)(F)F)c1. The molecule has 35 heavy (non-hydrogen) atoms. The van der Waals surface area contributed by atoms with Crippen LogP contribution >= 0.6 is 0 Å². The Morgan fingerprint density at radius 1 is 1.11 bits per heavy atom. The molecule has 1 aromatic heterocycles. The summed E-state index contributed by atoms with van der Waals surface area (Å²) in [6, 6.07) is 14.7. The molecule has 0 saturated heterocycles. The van der Waals surface area contributed by atoms with E-state index in [-0.39, 0.29) is 6.04 Å². The number of aryl methyl sites for hydroxylation is 3. The molecule has 0 spiro atoms. The van der Waals surface area contributed by atoms with E-state index < -0.39 is 23.2 Å². The van der Waals surface area contributed by atoms with E-state index in [1.165, 1.54) is 12.1 Å². The zero-order chi connectivity index (χ0) is 25.4. The Hall–Kier alpha value is -3.13. The highest BCUT2D eigenvalue weighted by molar-refractivity contribution is 5.86. The first-order valence-electron chi connectivity index (χ1n) is 11.9. The molecule has 2 unspecified atom stereocenters. The van der Waals surface area contributed by atoms with Gasteiger partial charge in [-0.3, -0.25) is 14.4 Å². The first kappa shape index (κ1) is 25.0. The number of rotatable bonds is 7. The molecule has 1 aliphatic rings. The average molecular weight is 485 g/mol. The highest BCUT2D eigenvalue weighted by atomic mass is 19.4. The van der Waals surface area contributed by atoms with E-state index in [0.29, 0.717) is 31.4 Å². The largest absolute Gasteiger partial charge is 0.416 e. The van der Waals surface area contributed by atoms with Gasteiger partial charge in [-0.25, -0.2) is 0 Å². The number of hydrogen-bond donors (Lipinski definition) is 1. The molecule has 2 atom stereocenters. The number of fused-ring (bicyclic) bond motifs is 1. The molecule has 0 aliphatic carbocycles. The third-order valence-electron chi connectivity index (χ3n) is 7.23. The van der Waals surface area contributed by atoms with E-state index in [0.717, 1.165) is 35.1 Å². The van der Waals surface area contributed by atoms with Crippen LogP contribution in [0.25, 0.3) is 0 Å². The zero-order valence-electron chi connectivity index (χ0n) is 20.3. The number of halogens is 3. The Bertz CT molecular complexity index is 1200. The molecule has 0 bridgehead atoms. The van der Waals surface area contributed by atoms with Crippen molar-refractivity contribution in [3.63, 3.8) is 0 Å². The van der Waals surface area contributed by atoms with Crippen molar-refractivity contribution in [2.24, 2.45) is 5.73 Å². The fraction of sp³-hybridized carbons (Fsp3) is 0.407. The Balaban J connectivity index is 1.77. The number of carbonyl (C=O) groups excluding carboxylic acids is 1. The van der Waals surface area contributed by atoms with Gasteiger partial charge in [0.05, 0.1) is 11.3 Å². The van der Waals surface area contributed by atoms with Crippen molar-refractivity contribution in [3.8, 4) is 0 Å². The molecule has 0 fully saturated rings. The molecule has 2 heterocycles. The van der Waals surface area contributed by atoms with Gasteiger partial charge in [0, 0.05) is 36.8 Å². The number of amides is 1. The van der Waals surface area contributed by atoms with Gasteiger partial charge in [0.2, 0.25) is 5.91 Å². The molecule has 0 saturated carbocycles. The fourth-order valence-corrected chi connectivity index (χ4v) is 5.39. The van der Waals surface area contributed by atoms with E-state index >= 15 is 0 Å². The Morgan fingerprint density at radius 2 is 1.80 bits per heavy atom. The fourth-order valence-electron chi connectivity index (χ4n) is 5.39. The van der Waals surface area contributed by atoms with E-state index in [9.17, 15) is 18.0 Å². The van der Waals surface area contributed by atoms with Crippen LogP contribution in [0.5, 0.6) is 0 Å². The Kier molecular flexibility index (Phi) is 6.77. The Morgan fingerprint density at radius 3 is 2.43 bits per heavy atom. The van der Waals surface area contributed by atoms with Gasteiger partial charge in [-0.2, -0.15) is 18.3 Å². The lowest BCUT2D eigenvalue weighted by Crippen LogP contribution is -2.56. The predicted molar refractivity (Wildman–Crippen MR) is 129 cm³/mol. The van der Waals surface area contributed by atoms with E-state index in [2.05, 4.69) is 4.90 Å². The molecular formula is C27H31F3N4O. The molecule has 8 heteroatoms. The Labute approximate surface area is 203 Å². The molecule has 4 rings (SSSR count). The molecule has 2 N–H and O–H groups in total. The van der Waals surface area contributed by atoms with Gasteiger partial charge in [-0.05, 0) is 50.8 Å². The first-order valence-corrected chi connectivity index (χ1v) is 11.9. The number of primary amides is 1. The average Bonchev–Trinajstić information content (AvgIpc) is 3.18. The number of aromatic nitrogens is 2. The first-order chi connectivity index (χ1) is 16.6. The highest BCUT2D eigenvalue weighted by Gasteiger charge is 2.46. The normalized spacial score (nSPS) is 18.2. The number of nitrogens with zero attached hydrogens (tertiary/aromatic N) is 3. The standard InChI is InChI=1S/C27H31F3N4O/c1-4-34-23-15-16-33(26(3,25(31)35)20-10-6-5-7-11-20)22(24(23)18(2)32-34)14-13-19-9-8-12-21(17-19)27(28,29)30/h5-12,17,22H,4,13-16H2,1-3H3,(H2,31,35). The van der Waals surface area contributed by atoms with Crippen LogP contribution in [0.15, 0.2) is 54.6 Å². The third-order valence-corrected chi connectivity index (χ3v) is 7.23. The summed E-state index contributed by atoms with van der Waals surface area (Å²) in [5, 5.41) is 4.72. The monoisotopic (exact) mass is 484 g/mol. The molecule has 2 aromatic carbocycles. The van der Waals surface area contributed by atoms with E-state index in [1.807, 2.05) is 55.8 Å². The highest BCUT2D eigenvalue weighted by Crippen LogP contribution is 2.43. The second-order valence-corrected chi connectivity index (χ2v) is 9.26. The van der Waals surface area contributed by atoms with Crippen molar-refractivity contribution < 1.29 is 18.0 Å². The summed E-state index contributed by atoms with van der Waals surface area (Å²) in [7, 11) is 0. The molecule has 186 valence electrons. The second-order valence-electron chi connectivity index (χ2n) is 9.26. The van der Waals surface area contributed by atoms with Crippen molar-refractivity contribution in [1.29, 1.82) is 0 Å². The zero-order valence-corrected chi connectivity index (χ0v) is 20.3. The third kappa shape index (κ3) is 4.59. The lowest BCUT2D eigenvalue weighted by Gasteiger charge is -2.47. The van der Waals surface area contributed by atoms with Crippen LogP contribution in [0.2, 0.25) is 0 Å². The van der Waals surface area contributed by atoms with Crippen LogP contribution in [0.1, 0.15) is 60.0 Å². The summed E-state index contributed by atoms with van der Waals surface area (Å²) in [4.78, 5) is 15.1. The van der Waals surface area contributed by atoms with Gasteiger partial charge in [-0.1, -0.05) is 48.5 Å².